The standard InChI is InChI=1S/C28H25Cl3N4O3S/c1-18-8-11-23(12-9-18)39(37,38)34(27-7-5-4-6-25(27)30)17-28(36)33-32-16-21-14-19(2)35(20(21)3)22-10-13-24(29)26(31)15-22/h4-16H,17H2,1-3H3,(H,33,36)/b32-16-. The van der Waals surface area contributed by atoms with Crippen LogP contribution in [0.3, 0.4) is 0 Å². The number of hydrazone groups is 1. The molecule has 1 heterocycles. The molecule has 0 aliphatic carbocycles. The molecule has 4 aromatic rings. The van der Waals surface area contributed by atoms with Gasteiger partial charge in [-0.25, -0.2) is 13.8 Å². The number of benzene rings is 3. The van der Waals surface area contributed by atoms with E-state index in [1.165, 1.54) is 18.3 Å². The molecule has 202 valence electrons. The maximum Gasteiger partial charge on any atom is 0.264 e. The molecule has 1 N–H and O–H groups in total. The van der Waals surface area contributed by atoms with Crippen LogP contribution in [0.1, 0.15) is 22.5 Å². The second kappa shape index (κ2) is 11.8. The van der Waals surface area contributed by atoms with Gasteiger partial charge in [0.05, 0.1) is 31.9 Å². The number of amides is 1. The third kappa shape index (κ3) is 6.31. The second-order valence-corrected chi connectivity index (χ2v) is 11.9. The minimum absolute atomic E-state index is 0.0408. The highest BCUT2D eigenvalue weighted by Gasteiger charge is 2.28. The number of nitrogens with one attached hydrogen (secondary N) is 1. The Kier molecular flexibility index (Phi) is 8.71. The zero-order valence-corrected chi connectivity index (χ0v) is 24.4. The van der Waals surface area contributed by atoms with Crippen LogP contribution in [-0.4, -0.2) is 31.7 Å². The number of sulfonamides is 1. The molecule has 4 rings (SSSR count). The van der Waals surface area contributed by atoms with Crippen molar-refractivity contribution in [1.29, 1.82) is 0 Å². The molecule has 0 saturated heterocycles. The Labute approximate surface area is 242 Å². The van der Waals surface area contributed by atoms with E-state index >= 15 is 0 Å². The fraction of sp³-hybridized carbons (Fsp3) is 0.143. The van der Waals surface area contributed by atoms with E-state index in [0.717, 1.165) is 32.5 Å². The Morgan fingerprint density at radius 3 is 2.28 bits per heavy atom. The molecule has 0 fully saturated rings. The number of carbonyl (C=O) groups is 1. The van der Waals surface area contributed by atoms with Crippen molar-refractivity contribution in [2.75, 3.05) is 10.8 Å². The molecule has 39 heavy (non-hydrogen) atoms. The Hall–Kier alpha value is -3.30. The number of para-hydroxylation sites is 1. The highest BCUT2D eigenvalue weighted by Crippen LogP contribution is 2.30. The van der Waals surface area contributed by atoms with Gasteiger partial charge in [-0.05, 0) is 69.3 Å². The second-order valence-electron chi connectivity index (χ2n) is 8.83. The van der Waals surface area contributed by atoms with Crippen molar-refractivity contribution in [3.63, 3.8) is 0 Å². The monoisotopic (exact) mass is 602 g/mol. The largest absolute Gasteiger partial charge is 0.318 e. The molecule has 0 unspecified atom stereocenters. The maximum absolute atomic E-state index is 13.5. The van der Waals surface area contributed by atoms with E-state index in [0.29, 0.717) is 10.0 Å². The summed E-state index contributed by atoms with van der Waals surface area (Å²) >= 11 is 18.6. The lowest BCUT2D eigenvalue weighted by Gasteiger charge is -2.24. The number of aromatic nitrogens is 1. The van der Waals surface area contributed by atoms with Crippen LogP contribution in [0.15, 0.2) is 82.8 Å². The van der Waals surface area contributed by atoms with Crippen molar-refractivity contribution in [1.82, 2.24) is 9.99 Å². The average Bonchev–Trinajstić information content (AvgIpc) is 3.17. The predicted molar refractivity (Wildman–Crippen MR) is 158 cm³/mol. The van der Waals surface area contributed by atoms with Crippen LogP contribution in [0.25, 0.3) is 5.69 Å². The molecule has 0 atom stereocenters. The summed E-state index contributed by atoms with van der Waals surface area (Å²) in [5.74, 6) is -0.639. The molecule has 7 nitrogen and oxygen atoms in total. The molecule has 0 aliphatic rings. The van der Waals surface area contributed by atoms with Crippen LogP contribution in [0.2, 0.25) is 15.1 Å². The Morgan fingerprint density at radius 2 is 1.62 bits per heavy atom. The summed E-state index contributed by atoms with van der Waals surface area (Å²) in [6.07, 6.45) is 1.50. The van der Waals surface area contributed by atoms with Gasteiger partial charge in [-0.15, -0.1) is 0 Å². The minimum Gasteiger partial charge on any atom is -0.318 e. The Bertz CT molecular complexity index is 1670. The molecule has 1 aromatic heterocycles. The number of halogens is 3. The number of carbonyl (C=O) groups excluding carboxylic acids is 1. The van der Waals surface area contributed by atoms with Gasteiger partial charge < -0.3 is 4.57 Å². The van der Waals surface area contributed by atoms with Crippen LogP contribution in [-0.2, 0) is 14.8 Å². The van der Waals surface area contributed by atoms with Crippen LogP contribution in [0, 0.1) is 20.8 Å². The zero-order chi connectivity index (χ0) is 28.3. The molecule has 0 spiro atoms. The fourth-order valence-corrected chi connectivity index (χ4v) is 6.09. The number of rotatable bonds is 8. The number of anilines is 1. The number of hydrogen-bond donors (Lipinski definition) is 1. The van der Waals surface area contributed by atoms with E-state index in [1.807, 2.05) is 37.5 Å². The lowest BCUT2D eigenvalue weighted by Crippen LogP contribution is -2.39. The van der Waals surface area contributed by atoms with E-state index in [2.05, 4.69) is 10.5 Å². The van der Waals surface area contributed by atoms with Crippen molar-refractivity contribution in [2.45, 2.75) is 25.7 Å². The zero-order valence-electron chi connectivity index (χ0n) is 21.3. The van der Waals surface area contributed by atoms with Crippen LogP contribution in [0.5, 0.6) is 0 Å². The summed E-state index contributed by atoms with van der Waals surface area (Å²) in [7, 11) is -4.10. The highest BCUT2D eigenvalue weighted by molar-refractivity contribution is 7.92. The Balaban J connectivity index is 1.56. The van der Waals surface area contributed by atoms with E-state index < -0.39 is 22.5 Å². The van der Waals surface area contributed by atoms with E-state index in [1.54, 1.807) is 48.5 Å². The van der Waals surface area contributed by atoms with Crippen LogP contribution < -0.4 is 9.73 Å². The average molecular weight is 604 g/mol. The summed E-state index contributed by atoms with van der Waals surface area (Å²) in [6.45, 7) is 5.17. The normalized spacial score (nSPS) is 11.6. The highest BCUT2D eigenvalue weighted by atomic mass is 35.5. The first kappa shape index (κ1) is 28.7. The topological polar surface area (TPSA) is 83.8 Å². The third-order valence-electron chi connectivity index (χ3n) is 6.04. The third-order valence-corrected chi connectivity index (χ3v) is 8.87. The molecule has 0 aliphatic heterocycles. The first-order valence-corrected chi connectivity index (χ1v) is 14.4. The molecular formula is C28H25Cl3N4O3S. The summed E-state index contributed by atoms with van der Waals surface area (Å²) in [5, 5.41) is 5.17. The van der Waals surface area contributed by atoms with Gasteiger partial charge in [0.1, 0.15) is 6.54 Å². The number of nitrogens with zero attached hydrogens (tertiary/aromatic N) is 3. The molecule has 0 radical (unpaired) electrons. The quantitative estimate of drug-likeness (QED) is 0.180. The molecule has 0 saturated carbocycles. The molecule has 1 amide bonds. The van der Waals surface area contributed by atoms with Gasteiger partial charge in [0, 0.05) is 22.6 Å². The van der Waals surface area contributed by atoms with Crippen LogP contribution in [0.4, 0.5) is 5.69 Å². The Morgan fingerprint density at radius 1 is 0.923 bits per heavy atom. The van der Waals surface area contributed by atoms with Crippen molar-refractivity contribution in [3.05, 3.63) is 110 Å². The molecule has 3 aromatic carbocycles. The van der Waals surface area contributed by atoms with Gasteiger partial charge in [-0.1, -0.05) is 64.6 Å². The lowest BCUT2D eigenvalue weighted by molar-refractivity contribution is -0.119. The van der Waals surface area contributed by atoms with Gasteiger partial charge in [-0.2, -0.15) is 5.10 Å². The van der Waals surface area contributed by atoms with Crippen molar-refractivity contribution < 1.29 is 13.2 Å². The number of hydrogen-bond acceptors (Lipinski definition) is 4. The first-order valence-electron chi connectivity index (χ1n) is 11.8. The summed E-state index contributed by atoms with van der Waals surface area (Å²) in [6, 6.07) is 20.1. The minimum atomic E-state index is -4.10. The van der Waals surface area contributed by atoms with Gasteiger partial charge in [-0.3, -0.25) is 9.10 Å². The first-order chi connectivity index (χ1) is 18.5. The number of aryl methyl sites for hydroxylation is 2. The molecular weight excluding hydrogens is 579 g/mol. The maximum atomic E-state index is 13.5. The van der Waals surface area contributed by atoms with Gasteiger partial charge in [0.2, 0.25) is 0 Å². The molecule has 0 bridgehead atoms. The van der Waals surface area contributed by atoms with E-state index in [9.17, 15) is 13.2 Å². The van der Waals surface area contributed by atoms with Gasteiger partial charge >= 0.3 is 0 Å². The van der Waals surface area contributed by atoms with Gasteiger partial charge in [0.15, 0.2) is 0 Å². The van der Waals surface area contributed by atoms with Crippen molar-refractivity contribution >= 4 is 62.6 Å². The summed E-state index contributed by atoms with van der Waals surface area (Å²) in [5.41, 5.74) is 6.90. The van der Waals surface area contributed by atoms with Crippen molar-refractivity contribution in [3.8, 4) is 5.69 Å². The lowest BCUT2D eigenvalue weighted by atomic mass is 10.2. The summed E-state index contributed by atoms with van der Waals surface area (Å²) in [4.78, 5) is 12.9. The van der Waals surface area contributed by atoms with Crippen LogP contribution >= 0.6 is 34.8 Å². The fourth-order valence-electron chi connectivity index (χ4n) is 4.07. The predicted octanol–water partition coefficient (Wildman–Crippen LogP) is 6.71. The summed E-state index contributed by atoms with van der Waals surface area (Å²) < 4.78 is 30.0. The van der Waals surface area contributed by atoms with Gasteiger partial charge in [0.25, 0.3) is 15.9 Å². The van der Waals surface area contributed by atoms with E-state index in [-0.39, 0.29) is 15.6 Å². The van der Waals surface area contributed by atoms with E-state index in [4.69, 9.17) is 34.8 Å². The molecule has 11 heteroatoms. The SMILES string of the molecule is Cc1ccc(S(=O)(=O)N(CC(=O)N/N=C\c2cc(C)n(-c3ccc(Cl)c(Cl)c3)c2C)c2ccccc2Cl)cc1. The smallest absolute Gasteiger partial charge is 0.264 e. The van der Waals surface area contributed by atoms with Crippen molar-refractivity contribution in [2.24, 2.45) is 5.10 Å².